The van der Waals surface area contributed by atoms with Gasteiger partial charge in [0.15, 0.2) is 0 Å². The molecule has 1 rings (SSSR count). The molecular formula is C9H10ClF4NO2. The summed E-state index contributed by atoms with van der Waals surface area (Å²) < 4.78 is 51.4. The van der Waals surface area contributed by atoms with Crippen molar-refractivity contribution in [1.29, 1.82) is 0 Å². The van der Waals surface area contributed by atoms with E-state index in [1.54, 1.807) is 0 Å². The Kier molecular flexibility index (Phi) is 5.50. The van der Waals surface area contributed by atoms with Crippen LogP contribution in [-0.4, -0.2) is 18.1 Å². The van der Waals surface area contributed by atoms with Gasteiger partial charge in [-0.15, -0.1) is 25.6 Å². The Bertz CT molecular complexity index is 373. The van der Waals surface area contributed by atoms with Crippen LogP contribution in [0, 0.1) is 0 Å². The molecular weight excluding hydrogens is 266 g/mol. The van der Waals surface area contributed by atoms with Crippen LogP contribution in [0.1, 0.15) is 11.6 Å². The number of halogens is 5. The molecule has 0 aliphatic heterocycles. The molecule has 8 heteroatoms. The highest BCUT2D eigenvalue weighted by Gasteiger charge is 2.31. The van der Waals surface area contributed by atoms with Crippen LogP contribution in [0.4, 0.5) is 17.6 Å². The molecule has 0 radical (unpaired) electrons. The fraction of sp³-hybridized carbons (Fsp3) is 0.333. The Balaban J connectivity index is 0.00000256. The molecule has 0 amide bonds. The van der Waals surface area contributed by atoms with Crippen molar-refractivity contribution < 1.29 is 27.4 Å². The lowest BCUT2D eigenvalue weighted by Crippen LogP contribution is -2.18. The van der Waals surface area contributed by atoms with E-state index in [1.165, 1.54) is 0 Å². The number of hydrogen-bond donors (Lipinski definition) is 2. The topological polar surface area (TPSA) is 55.5 Å². The predicted octanol–water partition coefficient (Wildman–Crippen LogP) is 2.68. The van der Waals surface area contributed by atoms with E-state index in [0.29, 0.717) is 0 Å². The van der Waals surface area contributed by atoms with Gasteiger partial charge in [0.25, 0.3) is 0 Å². The molecule has 0 saturated heterocycles. The van der Waals surface area contributed by atoms with Gasteiger partial charge in [0.05, 0.1) is 6.04 Å². The first-order chi connectivity index (χ1) is 7.33. The molecule has 1 atom stereocenters. The lowest BCUT2D eigenvalue weighted by molar-refractivity contribution is -0.274. The van der Waals surface area contributed by atoms with Crippen LogP contribution in [0.5, 0.6) is 11.5 Å². The van der Waals surface area contributed by atoms with Crippen molar-refractivity contribution in [2.24, 2.45) is 5.73 Å². The zero-order chi connectivity index (χ0) is 12.3. The largest absolute Gasteiger partial charge is 0.573 e. The minimum absolute atomic E-state index is 0. The number of benzene rings is 1. The summed E-state index contributed by atoms with van der Waals surface area (Å²) >= 11 is 0. The first kappa shape index (κ1) is 15.8. The van der Waals surface area contributed by atoms with Gasteiger partial charge in [-0.05, 0) is 18.2 Å². The summed E-state index contributed by atoms with van der Waals surface area (Å²) in [5, 5.41) is 9.25. The van der Waals surface area contributed by atoms with E-state index >= 15 is 0 Å². The first-order valence-electron chi connectivity index (χ1n) is 4.23. The highest BCUT2D eigenvalue weighted by Crippen LogP contribution is 2.30. The van der Waals surface area contributed by atoms with Gasteiger partial charge in [0, 0.05) is 5.56 Å². The average Bonchev–Trinajstić information content (AvgIpc) is 2.18. The standard InChI is InChI=1S/C9H9F4NO2.ClH/c10-4-7(14)6-3-5(1-2-8(6)15)16-9(11,12)13;/h1-3,7,15H,4,14H2;1H/t7-;/m0./s1. The van der Waals surface area contributed by atoms with Gasteiger partial charge in [-0.3, -0.25) is 0 Å². The molecule has 0 bridgehead atoms. The van der Waals surface area contributed by atoms with Crippen molar-refractivity contribution in [2.75, 3.05) is 6.67 Å². The third-order valence-corrected chi connectivity index (χ3v) is 1.80. The maximum atomic E-state index is 12.2. The van der Waals surface area contributed by atoms with E-state index in [4.69, 9.17) is 5.73 Å². The highest BCUT2D eigenvalue weighted by molar-refractivity contribution is 5.85. The molecule has 3 nitrogen and oxygen atoms in total. The zero-order valence-corrected chi connectivity index (χ0v) is 9.19. The number of alkyl halides is 4. The smallest absolute Gasteiger partial charge is 0.508 e. The molecule has 1 aromatic carbocycles. The number of aromatic hydroxyl groups is 1. The SMILES string of the molecule is Cl.N[C@@H](CF)c1cc(OC(F)(F)F)ccc1O. The summed E-state index contributed by atoms with van der Waals surface area (Å²) in [6, 6.07) is 1.55. The molecule has 0 fully saturated rings. The van der Waals surface area contributed by atoms with Gasteiger partial charge >= 0.3 is 6.36 Å². The van der Waals surface area contributed by atoms with Gasteiger partial charge in [0.1, 0.15) is 18.2 Å². The second-order valence-corrected chi connectivity index (χ2v) is 3.03. The highest BCUT2D eigenvalue weighted by atomic mass is 35.5. The molecule has 0 aliphatic carbocycles. The van der Waals surface area contributed by atoms with Gasteiger partial charge in [-0.2, -0.15) is 0 Å². The van der Waals surface area contributed by atoms with E-state index in [9.17, 15) is 22.7 Å². The van der Waals surface area contributed by atoms with Crippen LogP contribution >= 0.6 is 12.4 Å². The van der Waals surface area contributed by atoms with Gasteiger partial charge in [0.2, 0.25) is 0 Å². The maximum Gasteiger partial charge on any atom is 0.573 e. The summed E-state index contributed by atoms with van der Waals surface area (Å²) in [5.74, 6) is -0.927. The van der Waals surface area contributed by atoms with Gasteiger partial charge in [-0.25, -0.2) is 4.39 Å². The number of rotatable bonds is 3. The summed E-state index contributed by atoms with van der Waals surface area (Å²) in [4.78, 5) is 0. The molecule has 0 aromatic heterocycles. The summed E-state index contributed by atoms with van der Waals surface area (Å²) in [5.41, 5.74) is 5.12. The van der Waals surface area contributed by atoms with E-state index < -0.39 is 24.8 Å². The molecule has 0 aliphatic rings. The second kappa shape index (κ2) is 5.92. The van der Waals surface area contributed by atoms with E-state index in [2.05, 4.69) is 4.74 Å². The Morgan fingerprint density at radius 1 is 1.35 bits per heavy atom. The fourth-order valence-corrected chi connectivity index (χ4v) is 1.11. The van der Waals surface area contributed by atoms with Crippen LogP contribution in [0.3, 0.4) is 0 Å². The quantitative estimate of drug-likeness (QED) is 0.834. The summed E-state index contributed by atoms with van der Waals surface area (Å²) in [6.45, 7) is -0.997. The van der Waals surface area contributed by atoms with Crippen molar-refractivity contribution in [3.05, 3.63) is 23.8 Å². The predicted molar refractivity (Wildman–Crippen MR) is 54.9 cm³/mol. The Hall–Kier alpha value is -1.21. The van der Waals surface area contributed by atoms with Crippen molar-refractivity contribution >= 4 is 12.4 Å². The molecule has 0 unspecified atom stereocenters. The molecule has 1 aromatic rings. The summed E-state index contributed by atoms with van der Waals surface area (Å²) in [6.07, 6.45) is -4.84. The Morgan fingerprint density at radius 3 is 2.41 bits per heavy atom. The van der Waals surface area contributed by atoms with Crippen molar-refractivity contribution in [2.45, 2.75) is 12.4 Å². The van der Waals surface area contributed by atoms with Crippen molar-refractivity contribution in [3.8, 4) is 11.5 Å². The van der Waals surface area contributed by atoms with Crippen LogP contribution in [0.2, 0.25) is 0 Å². The lowest BCUT2D eigenvalue weighted by Gasteiger charge is -2.13. The van der Waals surface area contributed by atoms with E-state index in [0.717, 1.165) is 18.2 Å². The third-order valence-electron chi connectivity index (χ3n) is 1.80. The number of phenolic OH excluding ortho intramolecular Hbond substituents is 1. The lowest BCUT2D eigenvalue weighted by atomic mass is 10.1. The van der Waals surface area contributed by atoms with Gasteiger partial charge in [-0.1, -0.05) is 0 Å². The fourth-order valence-electron chi connectivity index (χ4n) is 1.11. The second-order valence-electron chi connectivity index (χ2n) is 3.03. The number of nitrogens with two attached hydrogens (primary N) is 1. The van der Waals surface area contributed by atoms with Crippen LogP contribution in [-0.2, 0) is 0 Å². The Labute approximate surface area is 101 Å². The minimum atomic E-state index is -4.84. The maximum absolute atomic E-state index is 12.2. The average molecular weight is 276 g/mol. The number of hydrogen-bond acceptors (Lipinski definition) is 3. The van der Waals surface area contributed by atoms with E-state index in [1.807, 2.05) is 0 Å². The number of phenols is 1. The zero-order valence-electron chi connectivity index (χ0n) is 8.37. The molecule has 98 valence electrons. The number of ether oxygens (including phenoxy) is 1. The first-order valence-corrected chi connectivity index (χ1v) is 4.23. The van der Waals surface area contributed by atoms with Crippen LogP contribution < -0.4 is 10.5 Å². The molecule has 0 saturated carbocycles. The molecule has 0 heterocycles. The monoisotopic (exact) mass is 275 g/mol. The summed E-state index contributed by atoms with van der Waals surface area (Å²) in [7, 11) is 0. The van der Waals surface area contributed by atoms with Crippen LogP contribution in [0.15, 0.2) is 18.2 Å². The van der Waals surface area contributed by atoms with Crippen molar-refractivity contribution in [1.82, 2.24) is 0 Å². The normalized spacial score (nSPS) is 12.8. The minimum Gasteiger partial charge on any atom is -0.508 e. The van der Waals surface area contributed by atoms with Gasteiger partial charge < -0.3 is 15.6 Å². The van der Waals surface area contributed by atoms with E-state index in [-0.39, 0.29) is 23.7 Å². The molecule has 3 N–H and O–H groups in total. The Morgan fingerprint density at radius 2 is 1.94 bits per heavy atom. The third kappa shape index (κ3) is 4.66. The van der Waals surface area contributed by atoms with Crippen LogP contribution in [0.25, 0.3) is 0 Å². The molecule has 17 heavy (non-hydrogen) atoms. The molecule has 0 spiro atoms. The van der Waals surface area contributed by atoms with Crippen molar-refractivity contribution in [3.63, 3.8) is 0 Å².